The third-order valence-corrected chi connectivity index (χ3v) is 7.09. The summed E-state index contributed by atoms with van der Waals surface area (Å²) in [5.74, 6) is -0.226. The predicted molar refractivity (Wildman–Crippen MR) is 135 cm³/mol. The molecule has 1 N–H and O–H groups in total. The van der Waals surface area contributed by atoms with Crippen molar-refractivity contribution in [2.45, 2.75) is 53.1 Å². The Morgan fingerprint density at radius 3 is 2.63 bits per heavy atom. The summed E-state index contributed by atoms with van der Waals surface area (Å²) in [4.78, 5) is 43.5. The third-order valence-electron chi connectivity index (χ3n) is 6.04. The first-order chi connectivity index (χ1) is 16.4. The maximum absolute atomic E-state index is 13.6. The first kappa shape index (κ1) is 25.0. The molecule has 0 aromatic carbocycles. The Kier molecular flexibility index (Phi) is 6.77. The zero-order valence-electron chi connectivity index (χ0n) is 20.9. The molecule has 0 spiro atoms. The normalized spacial score (nSPS) is 15.1. The van der Waals surface area contributed by atoms with Crippen LogP contribution < -0.4 is 5.32 Å². The highest BCUT2D eigenvalue weighted by atomic mass is 32.1. The molecule has 1 fully saturated rings. The average Bonchev–Trinajstić information content (AvgIpc) is 3.10. The van der Waals surface area contributed by atoms with Crippen LogP contribution in [0.3, 0.4) is 0 Å². The Hall–Kier alpha value is -3.14. The van der Waals surface area contributed by atoms with E-state index in [0.717, 1.165) is 15.8 Å². The average molecular weight is 499 g/mol. The highest BCUT2D eigenvalue weighted by Gasteiger charge is 2.37. The highest BCUT2D eigenvalue weighted by Crippen LogP contribution is 2.30. The van der Waals surface area contributed by atoms with Crippen molar-refractivity contribution in [1.82, 2.24) is 24.8 Å². The summed E-state index contributed by atoms with van der Waals surface area (Å²) in [5, 5.41) is 3.17. The lowest BCUT2D eigenvalue weighted by molar-refractivity contribution is -0.136. The van der Waals surface area contributed by atoms with Crippen LogP contribution in [-0.4, -0.2) is 62.7 Å². The van der Waals surface area contributed by atoms with Crippen molar-refractivity contribution in [3.63, 3.8) is 0 Å². The minimum absolute atomic E-state index is 0.00528. The van der Waals surface area contributed by atoms with E-state index < -0.39 is 5.82 Å². The molecule has 1 aliphatic heterocycles. The molecular formula is C25H31FN6O2S. The molecule has 0 radical (unpaired) electrons. The molecule has 0 unspecified atom stereocenters. The number of aromatic nitrogens is 3. The van der Waals surface area contributed by atoms with Crippen LogP contribution in [0.1, 0.15) is 61.1 Å². The number of carbonyl (C=O) groups excluding carboxylic acids is 2. The first-order valence-electron chi connectivity index (χ1n) is 11.6. The minimum Gasteiger partial charge on any atom is -0.348 e. The molecule has 35 heavy (non-hydrogen) atoms. The topological polar surface area (TPSA) is 91.3 Å². The van der Waals surface area contributed by atoms with Gasteiger partial charge in [-0.15, -0.1) is 11.3 Å². The maximum atomic E-state index is 13.6. The molecule has 0 bridgehead atoms. The number of hydrogen-bond donors (Lipinski definition) is 1. The molecule has 4 heterocycles. The number of thiophene rings is 1. The summed E-state index contributed by atoms with van der Waals surface area (Å²) < 4.78 is 14.3. The number of aryl methyl sites for hydroxylation is 1. The number of hydrogen-bond acceptors (Lipinski definition) is 7. The van der Waals surface area contributed by atoms with Gasteiger partial charge in [-0.2, -0.15) is 0 Å². The van der Waals surface area contributed by atoms with Gasteiger partial charge in [0.2, 0.25) is 11.9 Å². The molecule has 1 aliphatic rings. The fourth-order valence-electron chi connectivity index (χ4n) is 4.00. The van der Waals surface area contributed by atoms with E-state index >= 15 is 0 Å². The molecule has 186 valence electrons. The van der Waals surface area contributed by atoms with Gasteiger partial charge in [-0.05, 0) is 37.0 Å². The van der Waals surface area contributed by atoms with E-state index in [4.69, 9.17) is 0 Å². The van der Waals surface area contributed by atoms with Crippen LogP contribution in [0.15, 0.2) is 24.5 Å². The predicted octanol–water partition coefficient (Wildman–Crippen LogP) is 4.43. The van der Waals surface area contributed by atoms with E-state index in [1.54, 1.807) is 23.0 Å². The van der Waals surface area contributed by atoms with Crippen molar-refractivity contribution in [3.05, 3.63) is 46.5 Å². The van der Waals surface area contributed by atoms with Gasteiger partial charge in [0.05, 0.1) is 28.5 Å². The van der Waals surface area contributed by atoms with E-state index in [-0.39, 0.29) is 29.3 Å². The van der Waals surface area contributed by atoms with Crippen molar-refractivity contribution in [2.24, 2.45) is 5.41 Å². The first-order valence-corrected chi connectivity index (χ1v) is 12.4. The molecule has 2 amide bonds. The molecule has 3 aromatic heterocycles. The van der Waals surface area contributed by atoms with Crippen LogP contribution in [0, 0.1) is 18.2 Å². The van der Waals surface area contributed by atoms with Crippen LogP contribution in [0.25, 0.3) is 10.2 Å². The Morgan fingerprint density at radius 1 is 1.26 bits per heavy atom. The van der Waals surface area contributed by atoms with E-state index in [1.165, 1.54) is 17.4 Å². The quantitative estimate of drug-likeness (QED) is 0.541. The van der Waals surface area contributed by atoms with E-state index in [1.807, 2.05) is 40.7 Å². The number of amides is 2. The molecule has 8 nitrogen and oxygen atoms in total. The lowest BCUT2D eigenvalue weighted by Gasteiger charge is -2.44. The summed E-state index contributed by atoms with van der Waals surface area (Å²) in [7, 11) is 1.80. The second kappa shape index (κ2) is 9.49. The highest BCUT2D eigenvalue weighted by molar-refractivity contribution is 7.19. The second-order valence-electron chi connectivity index (χ2n) is 10.4. The van der Waals surface area contributed by atoms with Crippen LogP contribution in [-0.2, 0) is 4.79 Å². The monoisotopic (exact) mass is 498 g/mol. The van der Waals surface area contributed by atoms with Crippen molar-refractivity contribution in [2.75, 3.05) is 25.5 Å². The van der Waals surface area contributed by atoms with Gasteiger partial charge >= 0.3 is 0 Å². The SMILES string of the molecule is Cc1cc2nc(N[C@@H](C)c3cncc(F)c3)nc(C(=O)N3CC(N(C)C(=O)CC(C)(C)C)C3)c2s1. The molecule has 0 saturated carbocycles. The summed E-state index contributed by atoms with van der Waals surface area (Å²) >= 11 is 1.48. The smallest absolute Gasteiger partial charge is 0.274 e. The minimum atomic E-state index is -0.421. The standard InChI is InChI=1S/C25H31FN6O2S/c1-14-7-19-22(35-14)21(30-24(29-19)28-15(2)16-8-17(26)11-27-10-16)23(34)32-12-18(13-32)31(6)20(33)9-25(3,4)5/h7-8,10-11,15,18H,9,12-13H2,1-6H3,(H,28,29,30)/t15-/m0/s1. The fourth-order valence-corrected chi connectivity index (χ4v) is 4.93. The van der Waals surface area contributed by atoms with E-state index in [0.29, 0.717) is 42.2 Å². The van der Waals surface area contributed by atoms with Crippen molar-refractivity contribution in [1.29, 1.82) is 0 Å². The summed E-state index contributed by atoms with van der Waals surface area (Å²) in [5.41, 5.74) is 1.59. The van der Waals surface area contributed by atoms with Gasteiger partial charge in [0.15, 0.2) is 5.69 Å². The molecule has 10 heteroatoms. The Morgan fingerprint density at radius 2 is 1.97 bits per heavy atom. The number of nitrogens with zero attached hydrogens (tertiary/aromatic N) is 5. The lowest BCUT2D eigenvalue weighted by Crippen LogP contribution is -2.61. The van der Waals surface area contributed by atoms with Gasteiger partial charge in [-0.25, -0.2) is 14.4 Å². The number of pyridine rings is 1. The van der Waals surface area contributed by atoms with Gasteiger partial charge < -0.3 is 15.1 Å². The Balaban J connectivity index is 1.52. The van der Waals surface area contributed by atoms with Gasteiger partial charge in [-0.3, -0.25) is 14.6 Å². The van der Waals surface area contributed by atoms with Gasteiger partial charge in [0.25, 0.3) is 5.91 Å². The maximum Gasteiger partial charge on any atom is 0.274 e. The molecule has 1 saturated heterocycles. The zero-order valence-corrected chi connectivity index (χ0v) is 21.7. The number of likely N-dealkylation sites (tertiary alicyclic amines) is 1. The third kappa shape index (κ3) is 5.58. The zero-order chi connectivity index (χ0) is 25.5. The van der Waals surface area contributed by atoms with Crippen molar-refractivity contribution < 1.29 is 14.0 Å². The van der Waals surface area contributed by atoms with Gasteiger partial charge in [0.1, 0.15) is 5.82 Å². The second-order valence-corrected chi connectivity index (χ2v) is 11.6. The number of anilines is 1. The van der Waals surface area contributed by atoms with Gasteiger partial charge in [0, 0.05) is 37.6 Å². The number of likely N-dealkylation sites (N-methyl/N-ethyl adjacent to an activating group) is 1. The Labute approximate surface area is 208 Å². The van der Waals surface area contributed by atoms with E-state index in [9.17, 15) is 14.0 Å². The van der Waals surface area contributed by atoms with E-state index in [2.05, 4.69) is 20.3 Å². The number of nitrogens with one attached hydrogen (secondary N) is 1. The molecule has 0 aliphatic carbocycles. The number of rotatable bonds is 6. The number of fused-ring (bicyclic) bond motifs is 1. The molecule has 1 atom stereocenters. The van der Waals surface area contributed by atoms with Crippen LogP contribution in [0.2, 0.25) is 0 Å². The summed E-state index contributed by atoms with van der Waals surface area (Å²) in [6, 6.07) is 3.01. The van der Waals surface area contributed by atoms with Gasteiger partial charge in [-0.1, -0.05) is 20.8 Å². The molecular weight excluding hydrogens is 467 g/mol. The largest absolute Gasteiger partial charge is 0.348 e. The van der Waals surface area contributed by atoms with Crippen LogP contribution in [0.5, 0.6) is 0 Å². The summed E-state index contributed by atoms with van der Waals surface area (Å²) in [6.45, 7) is 10.9. The van der Waals surface area contributed by atoms with Crippen molar-refractivity contribution >= 4 is 39.3 Å². The summed E-state index contributed by atoms with van der Waals surface area (Å²) in [6.07, 6.45) is 3.19. The fraction of sp³-hybridized carbons (Fsp3) is 0.480. The van der Waals surface area contributed by atoms with Crippen LogP contribution >= 0.6 is 11.3 Å². The number of halogens is 1. The van der Waals surface area contributed by atoms with Crippen LogP contribution in [0.4, 0.5) is 10.3 Å². The Bertz CT molecular complexity index is 1260. The number of carbonyl (C=O) groups is 2. The van der Waals surface area contributed by atoms with Crippen molar-refractivity contribution in [3.8, 4) is 0 Å². The molecule has 3 aromatic rings. The molecule has 4 rings (SSSR count). The lowest BCUT2D eigenvalue weighted by atomic mass is 9.91.